The second-order valence-corrected chi connectivity index (χ2v) is 8.80. The van der Waals surface area contributed by atoms with E-state index in [1.807, 2.05) is 13.0 Å². The minimum Gasteiger partial charge on any atom is -0.496 e. The van der Waals surface area contributed by atoms with E-state index in [1.54, 1.807) is 13.2 Å². The maximum Gasteiger partial charge on any atom is 0.349 e. The number of hydrogen-bond acceptors (Lipinski definition) is 6. The summed E-state index contributed by atoms with van der Waals surface area (Å²) in [6, 6.07) is 9.43. The molecule has 3 aromatic rings. The Morgan fingerprint density at radius 1 is 1.15 bits per heavy atom. The van der Waals surface area contributed by atoms with E-state index in [0.717, 1.165) is 27.9 Å². The highest BCUT2D eigenvalue weighted by molar-refractivity contribution is 7.90. The molecule has 1 N–H and O–H groups in total. The molecular formula is C18H16O6S2. The van der Waals surface area contributed by atoms with E-state index in [1.165, 1.54) is 24.3 Å². The molecule has 0 amide bonds. The van der Waals surface area contributed by atoms with Crippen LogP contribution in [-0.2, 0) is 9.84 Å². The number of benzene rings is 2. The summed E-state index contributed by atoms with van der Waals surface area (Å²) in [6.45, 7) is 1.88. The van der Waals surface area contributed by atoms with Crippen molar-refractivity contribution in [2.45, 2.75) is 11.8 Å². The predicted molar refractivity (Wildman–Crippen MR) is 99.7 cm³/mol. The first-order chi connectivity index (χ1) is 12.2. The van der Waals surface area contributed by atoms with Gasteiger partial charge in [0.05, 0.1) is 12.0 Å². The summed E-state index contributed by atoms with van der Waals surface area (Å²) in [7, 11) is -1.77. The van der Waals surface area contributed by atoms with Crippen LogP contribution in [0.15, 0.2) is 41.3 Å². The molecule has 0 saturated carbocycles. The fourth-order valence-corrected chi connectivity index (χ4v) is 4.22. The van der Waals surface area contributed by atoms with Gasteiger partial charge in [-0.25, -0.2) is 13.2 Å². The lowest BCUT2D eigenvalue weighted by molar-refractivity contribution is 0.0700. The van der Waals surface area contributed by atoms with Gasteiger partial charge in [-0.3, -0.25) is 0 Å². The van der Waals surface area contributed by atoms with Gasteiger partial charge in [-0.1, -0.05) is 0 Å². The van der Waals surface area contributed by atoms with Crippen molar-refractivity contribution in [1.82, 2.24) is 0 Å². The molecule has 0 saturated heterocycles. The Hall–Kier alpha value is -2.58. The molecule has 0 unspecified atom stereocenters. The van der Waals surface area contributed by atoms with Crippen molar-refractivity contribution >= 4 is 37.2 Å². The zero-order chi connectivity index (χ0) is 19.1. The molecule has 0 spiro atoms. The number of aryl methyl sites for hydroxylation is 1. The van der Waals surface area contributed by atoms with E-state index in [2.05, 4.69) is 0 Å². The number of sulfone groups is 1. The standard InChI is InChI=1S/C18H16O6S2/c1-10-8-15-13(9-14(10)23-2)16(17(25-15)18(19)20)24-11-4-6-12(7-5-11)26(3,21)22/h4-9H,1-3H3,(H,19,20). The SMILES string of the molecule is COc1cc2c(Oc3ccc(S(C)(=O)=O)cc3)c(C(=O)O)sc2cc1C. The van der Waals surface area contributed by atoms with Crippen LogP contribution < -0.4 is 9.47 Å². The highest BCUT2D eigenvalue weighted by Crippen LogP contribution is 2.43. The smallest absolute Gasteiger partial charge is 0.349 e. The fourth-order valence-electron chi connectivity index (χ4n) is 2.54. The van der Waals surface area contributed by atoms with E-state index in [4.69, 9.17) is 9.47 Å². The summed E-state index contributed by atoms with van der Waals surface area (Å²) in [6.07, 6.45) is 1.12. The molecule has 1 aromatic heterocycles. The van der Waals surface area contributed by atoms with Gasteiger partial charge in [-0.05, 0) is 48.9 Å². The minimum atomic E-state index is -3.32. The van der Waals surface area contributed by atoms with Gasteiger partial charge in [0.2, 0.25) is 0 Å². The molecule has 0 radical (unpaired) electrons. The maximum atomic E-state index is 11.6. The van der Waals surface area contributed by atoms with Crippen molar-refractivity contribution in [3.05, 3.63) is 46.8 Å². The summed E-state index contributed by atoms with van der Waals surface area (Å²) < 4.78 is 35.0. The van der Waals surface area contributed by atoms with Crippen molar-refractivity contribution in [2.24, 2.45) is 0 Å². The van der Waals surface area contributed by atoms with Crippen LogP contribution in [0.3, 0.4) is 0 Å². The Morgan fingerprint density at radius 3 is 2.35 bits per heavy atom. The number of carboxylic acid groups (broad SMARTS) is 1. The van der Waals surface area contributed by atoms with Gasteiger partial charge in [0.25, 0.3) is 0 Å². The number of thiophene rings is 1. The molecule has 2 aromatic carbocycles. The first kappa shape index (κ1) is 18.2. The molecule has 0 aliphatic rings. The summed E-state index contributed by atoms with van der Waals surface area (Å²) in [4.78, 5) is 11.9. The number of methoxy groups -OCH3 is 1. The number of ether oxygens (including phenoxy) is 2. The Balaban J connectivity index is 2.11. The lowest BCUT2D eigenvalue weighted by atomic mass is 10.1. The second-order valence-electron chi connectivity index (χ2n) is 5.73. The molecule has 0 bridgehead atoms. The molecule has 1 heterocycles. The molecule has 136 valence electrons. The van der Waals surface area contributed by atoms with Gasteiger partial charge < -0.3 is 14.6 Å². The van der Waals surface area contributed by atoms with Crippen LogP contribution >= 0.6 is 11.3 Å². The van der Waals surface area contributed by atoms with Crippen molar-refractivity contribution in [1.29, 1.82) is 0 Å². The van der Waals surface area contributed by atoms with Crippen molar-refractivity contribution in [2.75, 3.05) is 13.4 Å². The van der Waals surface area contributed by atoms with Crippen LogP contribution in [0, 0.1) is 6.92 Å². The third-order valence-electron chi connectivity index (χ3n) is 3.83. The number of aromatic carboxylic acids is 1. The monoisotopic (exact) mass is 392 g/mol. The zero-order valence-electron chi connectivity index (χ0n) is 14.3. The van der Waals surface area contributed by atoms with Crippen molar-refractivity contribution in [3.8, 4) is 17.2 Å². The molecular weight excluding hydrogens is 376 g/mol. The minimum absolute atomic E-state index is 0.0693. The Morgan fingerprint density at radius 2 is 1.81 bits per heavy atom. The normalized spacial score (nSPS) is 11.5. The van der Waals surface area contributed by atoms with E-state index < -0.39 is 15.8 Å². The first-order valence-corrected chi connectivity index (χ1v) is 10.2. The third kappa shape index (κ3) is 3.38. The largest absolute Gasteiger partial charge is 0.496 e. The van der Waals surface area contributed by atoms with E-state index in [-0.39, 0.29) is 15.5 Å². The Labute approximate surface area is 154 Å². The molecule has 3 rings (SSSR count). The van der Waals surface area contributed by atoms with Crippen LogP contribution in [0.1, 0.15) is 15.2 Å². The van der Waals surface area contributed by atoms with Gasteiger partial charge in [0, 0.05) is 16.3 Å². The van der Waals surface area contributed by atoms with Gasteiger partial charge in [-0.15, -0.1) is 11.3 Å². The summed E-state index contributed by atoms with van der Waals surface area (Å²) >= 11 is 1.12. The van der Waals surface area contributed by atoms with Gasteiger partial charge in [0.1, 0.15) is 11.5 Å². The number of carbonyl (C=O) groups is 1. The summed E-state index contributed by atoms with van der Waals surface area (Å²) in [5, 5.41) is 10.1. The lowest BCUT2D eigenvalue weighted by Crippen LogP contribution is -1.98. The van der Waals surface area contributed by atoms with Gasteiger partial charge in [-0.2, -0.15) is 0 Å². The van der Waals surface area contributed by atoms with Crippen molar-refractivity contribution < 1.29 is 27.8 Å². The molecule has 0 aliphatic heterocycles. The summed E-state index contributed by atoms with van der Waals surface area (Å²) in [5.41, 5.74) is 0.891. The molecule has 0 atom stereocenters. The van der Waals surface area contributed by atoms with E-state index in [0.29, 0.717) is 16.9 Å². The van der Waals surface area contributed by atoms with Crippen LogP contribution in [0.2, 0.25) is 0 Å². The molecule has 0 aliphatic carbocycles. The van der Waals surface area contributed by atoms with Crippen LogP contribution in [-0.4, -0.2) is 32.9 Å². The molecule has 26 heavy (non-hydrogen) atoms. The Kier molecular flexibility index (Phi) is 4.64. The average Bonchev–Trinajstić information content (AvgIpc) is 2.91. The summed E-state index contributed by atoms with van der Waals surface area (Å²) in [5.74, 6) is 0.0946. The third-order valence-corrected chi connectivity index (χ3v) is 6.08. The van der Waals surface area contributed by atoms with E-state index in [9.17, 15) is 18.3 Å². The van der Waals surface area contributed by atoms with Gasteiger partial charge >= 0.3 is 5.97 Å². The number of rotatable bonds is 5. The number of hydrogen-bond donors (Lipinski definition) is 1. The lowest BCUT2D eigenvalue weighted by Gasteiger charge is -2.08. The van der Waals surface area contributed by atoms with Crippen LogP contribution in [0.4, 0.5) is 0 Å². The molecule has 8 heteroatoms. The topological polar surface area (TPSA) is 89.9 Å². The zero-order valence-corrected chi connectivity index (χ0v) is 15.9. The van der Waals surface area contributed by atoms with Crippen molar-refractivity contribution in [3.63, 3.8) is 0 Å². The average molecular weight is 392 g/mol. The maximum absolute atomic E-state index is 11.6. The predicted octanol–water partition coefficient (Wildman–Crippen LogP) is 4.11. The Bertz CT molecular complexity index is 1090. The number of fused-ring (bicyclic) bond motifs is 1. The highest BCUT2D eigenvalue weighted by Gasteiger charge is 2.21. The van der Waals surface area contributed by atoms with Gasteiger partial charge in [0.15, 0.2) is 20.5 Å². The second kappa shape index (κ2) is 6.62. The fraction of sp³-hybridized carbons (Fsp3) is 0.167. The molecule has 0 fully saturated rings. The first-order valence-electron chi connectivity index (χ1n) is 7.53. The molecule has 6 nitrogen and oxygen atoms in total. The van der Waals surface area contributed by atoms with E-state index >= 15 is 0 Å². The van der Waals surface area contributed by atoms with Crippen LogP contribution in [0.5, 0.6) is 17.2 Å². The number of carboxylic acids is 1. The van der Waals surface area contributed by atoms with Crippen LogP contribution in [0.25, 0.3) is 10.1 Å². The highest BCUT2D eigenvalue weighted by atomic mass is 32.2. The quantitative estimate of drug-likeness (QED) is 0.703.